The number of para-hydroxylation sites is 1. The van der Waals surface area contributed by atoms with Crippen LogP contribution in [-0.4, -0.2) is 43.4 Å². The minimum absolute atomic E-state index is 0.0137. The topological polar surface area (TPSA) is 156 Å². The first-order valence-corrected chi connectivity index (χ1v) is 18.8. The Morgan fingerprint density at radius 1 is 1.00 bits per heavy atom. The number of anilines is 2. The highest BCUT2D eigenvalue weighted by Crippen LogP contribution is 2.64. The second-order valence-corrected chi connectivity index (χ2v) is 16.3. The first-order valence-electron chi connectivity index (χ1n) is 17.6. The summed E-state index contributed by atoms with van der Waals surface area (Å²) in [5, 5.41) is 29.0. The molecule has 3 fully saturated rings. The number of thiophene rings is 1. The van der Waals surface area contributed by atoms with Gasteiger partial charge in [-0.1, -0.05) is 41.4 Å². The maximum atomic E-state index is 15.1. The fourth-order valence-corrected chi connectivity index (χ4v) is 10.9. The molecule has 12 nitrogen and oxygen atoms in total. The Labute approximate surface area is 321 Å². The molecule has 0 radical (unpaired) electrons. The summed E-state index contributed by atoms with van der Waals surface area (Å²) in [7, 11) is 1.64. The molecule has 55 heavy (non-hydrogen) atoms. The fourth-order valence-electron chi connectivity index (χ4n) is 9.56. The van der Waals surface area contributed by atoms with Crippen LogP contribution in [0.15, 0.2) is 78.4 Å². The molecule has 6 atom stereocenters. The number of phenolic OH excluding ortho intramolecular Hbond substituents is 1. The number of fused-ring (bicyclic) bond motifs is 5. The molecule has 278 valence electrons. The molecular formula is C40H31ClFN5O7S. The summed E-state index contributed by atoms with van der Waals surface area (Å²) >= 11 is 7.79. The molecule has 5 aromatic rings. The van der Waals surface area contributed by atoms with Gasteiger partial charge in [0.15, 0.2) is 11.6 Å². The average Bonchev–Trinajstić information content (AvgIpc) is 3.83. The molecule has 3 aromatic carbocycles. The van der Waals surface area contributed by atoms with Gasteiger partial charge in [0.05, 0.1) is 38.7 Å². The Kier molecular flexibility index (Phi) is 7.72. The number of aromatic hydroxyl groups is 1. The highest BCUT2D eigenvalue weighted by atomic mass is 35.5. The van der Waals surface area contributed by atoms with Crippen molar-refractivity contribution in [2.24, 2.45) is 36.1 Å². The number of carbonyl (C=O) groups excluding carboxylic acids is 4. The summed E-state index contributed by atoms with van der Waals surface area (Å²) in [6.07, 6.45) is 1.89. The van der Waals surface area contributed by atoms with Crippen molar-refractivity contribution in [2.75, 3.05) is 9.80 Å². The van der Waals surface area contributed by atoms with Gasteiger partial charge >= 0.3 is 0 Å². The monoisotopic (exact) mass is 779 g/mol. The quantitative estimate of drug-likeness (QED) is 0.0835. The number of aromatic nitrogens is 2. The van der Waals surface area contributed by atoms with Crippen molar-refractivity contribution in [3.05, 3.63) is 110 Å². The summed E-state index contributed by atoms with van der Waals surface area (Å²) in [6, 6.07) is 16.6. The van der Waals surface area contributed by atoms with Crippen LogP contribution >= 0.6 is 22.9 Å². The van der Waals surface area contributed by atoms with Crippen LogP contribution in [0.5, 0.6) is 5.75 Å². The highest BCUT2D eigenvalue weighted by molar-refractivity contribution is 7.22. The van der Waals surface area contributed by atoms with Gasteiger partial charge in [-0.05, 0) is 73.9 Å². The maximum Gasteiger partial charge on any atom is 0.271 e. The van der Waals surface area contributed by atoms with Crippen LogP contribution in [0, 0.1) is 51.9 Å². The Morgan fingerprint density at radius 3 is 2.53 bits per heavy atom. The fraction of sp³-hybridized carbons (Fsp3) is 0.275. The molecule has 0 spiro atoms. The average molecular weight is 780 g/mol. The molecule has 4 heterocycles. The second kappa shape index (κ2) is 12.1. The van der Waals surface area contributed by atoms with E-state index in [1.165, 1.54) is 52.4 Å². The van der Waals surface area contributed by atoms with E-state index >= 15 is 9.18 Å². The second-order valence-electron chi connectivity index (χ2n) is 14.8. The third-order valence-corrected chi connectivity index (χ3v) is 13.6. The molecule has 15 heteroatoms. The van der Waals surface area contributed by atoms with E-state index in [9.17, 15) is 29.6 Å². The molecule has 2 saturated heterocycles. The largest absolute Gasteiger partial charge is 0.505 e. The van der Waals surface area contributed by atoms with Crippen molar-refractivity contribution in [2.45, 2.75) is 32.6 Å². The zero-order chi connectivity index (χ0) is 38.8. The molecule has 2 aliphatic carbocycles. The van der Waals surface area contributed by atoms with Gasteiger partial charge in [-0.3, -0.25) is 34.0 Å². The number of imide groups is 2. The zero-order valence-electron chi connectivity index (χ0n) is 29.5. The predicted octanol–water partition coefficient (Wildman–Crippen LogP) is 7.45. The van der Waals surface area contributed by atoms with Crippen molar-refractivity contribution >= 4 is 73.8 Å². The van der Waals surface area contributed by atoms with Gasteiger partial charge in [0.2, 0.25) is 23.6 Å². The highest BCUT2D eigenvalue weighted by Gasteiger charge is 2.68. The molecule has 9 rings (SSSR count). The summed E-state index contributed by atoms with van der Waals surface area (Å²) < 4.78 is 17.6. The third kappa shape index (κ3) is 4.83. The number of aryl methyl sites for hydroxylation is 2. The number of nitrogens with zero attached hydrogens (tertiary/aromatic N) is 5. The van der Waals surface area contributed by atoms with Gasteiger partial charge in [0.25, 0.3) is 5.69 Å². The Balaban J connectivity index is 1.15. The Hall–Kier alpha value is -5.73. The zero-order valence-corrected chi connectivity index (χ0v) is 31.1. The third-order valence-electron chi connectivity index (χ3n) is 12.1. The smallest absolute Gasteiger partial charge is 0.271 e. The minimum atomic E-state index is -1.54. The van der Waals surface area contributed by atoms with Crippen molar-refractivity contribution in [1.82, 2.24) is 9.78 Å². The summed E-state index contributed by atoms with van der Waals surface area (Å²) in [4.78, 5) is 72.0. The van der Waals surface area contributed by atoms with E-state index in [4.69, 9.17) is 16.7 Å². The van der Waals surface area contributed by atoms with Crippen LogP contribution in [0.25, 0.3) is 20.7 Å². The van der Waals surface area contributed by atoms with E-state index in [0.717, 1.165) is 36.4 Å². The van der Waals surface area contributed by atoms with Crippen molar-refractivity contribution < 1.29 is 33.6 Å². The van der Waals surface area contributed by atoms with E-state index < -0.39 is 75.1 Å². The first kappa shape index (κ1) is 35.0. The summed E-state index contributed by atoms with van der Waals surface area (Å²) in [5.41, 5.74) is 0.345. The van der Waals surface area contributed by atoms with Crippen LogP contribution in [-0.2, 0) is 26.2 Å². The van der Waals surface area contributed by atoms with Gasteiger partial charge in [0.1, 0.15) is 11.5 Å². The standard InChI is InChI=1S/C40H31ClFN5O7S/c1-18-25-14-19(41)10-13-30(25)55-35(18)29-17-31(44(3)43-29)46-37(50)27-16-26-22(33(40(27,2)39(46)52)24-8-5-9-28(42)34(24)48)11-12-23-32(26)38(51)45(36(23)49)20-6-4-7-21(15-20)47(53)54/h4-11,13-15,17,23,26-27,32-33,48H,12,16H2,1-3H3/t23-,26+,27-,32-,33+,40+/m0/s1. The molecule has 1 saturated carbocycles. The van der Waals surface area contributed by atoms with Gasteiger partial charge in [-0.25, -0.2) is 14.2 Å². The molecule has 2 aromatic heterocycles. The number of non-ortho nitro benzene ring substituents is 1. The molecule has 4 aliphatic rings. The van der Waals surface area contributed by atoms with E-state index in [1.807, 2.05) is 19.1 Å². The lowest BCUT2D eigenvalue weighted by molar-refractivity contribution is -0.384. The SMILES string of the molecule is Cc1c(-c2cc(N3C(=O)[C@@H]4C[C@@H]5C(=CC[C@@H]6C(=O)N(c7cccc([N+](=O)[O-])c7)C(=O)[C@@H]65)[C@H](c5cccc(F)c5O)[C@]4(C)C3=O)n(C)n2)sc2ccc(Cl)cc12. The normalized spacial score (nSPS) is 26.1. The lowest BCUT2D eigenvalue weighted by Crippen LogP contribution is -2.49. The van der Waals surface area contributed by atoms with E-state index in [0.29, 0.717) is 16.3 Å². The molecule has 0 unspecified atom stereocenters. The van der Waals surface area contributed by atoms with Crippen LogP contribution in [0.3, 0.4) is 0 Å². The van der Waals surface area contributed by atoms with Crippen LogP contribution in [0.2, 0.25) is 5.02 Å². The number of nitro groups is 1. The summed E-state index contributed by atoms with van der Waals surface area (Å²) in [6.45, 7) is 3.60. The number of carbonyl (C=O) groups is 4. The number of phenols is 1. The van der Waals surface area contributed by atoms with E-state index in [-0.39, 0.29) is 35.6 Å². The minimum Gasteiger partial charge on any atom is -0.505 e. The van der Waals surface area contributed by atoms with Crippen molar-refractivity contribution in [3.63, 3.8) is 0 Å². The van der Waals surface area contributed by atoms with Crippen molar-refractivity contribution in [1.29, 1.82) is 0 Å². The number of allylic oxidation sites excluding steroid dienone is 2. The predicted molar refractivity (Wildman–Crippen MR) is 202 cm³/mol. The Bertz CT molecular complexity index is 2620. The number of halogens is 2. The number of amides is 4. The van der Waals surface area contributed by atoms with E-state index in [2.05, 4.69) is 0 Å². The first-order chi connectivity index (χ1) is 26.2. The van der Waals surface area contributed by atoms with Gasteiger partial charge in [-0.2, -0.15) is 5.10 Å². The molecule has 0 bridgehead atoms. The summed E-state index contributed by atoms with van der Waals surface area (Å²) in [5.74, 6) is -8.26. The van der Waals surface area contributed by atoms with Crippen LogP contribution in [0.1, 0.15) is 36.8 Å². The number of nitro benzene ring substituents is 1. The van der Waals surface area contributed by atoms with Gasteiger partial charge < -0.3 is 5.11 Å². The molecule has 4 amide bonds. The number of rotatable bonds is 5. The van der Waals surface area contributed by atoms with E-state index in [1.54, 1.807) is 32.2 Å². The van der Waals surface area contributed by atoms with Crippen LogP contribution in [0.4, 0.5) is 21.6 Å². The molecule has 2 aliphatic heterocycles. The number of benzene rings is 3. The number of hydrogen-bond acceptors (Lipinski definition) is 9. The van der Waals surface area contributed by atoms with Crippen LogP contribution < -0.4 is 9.80 Å². The molecular weight excluding hydrogens is 749 g/mol. The Morgan fingerprint density at radius 2 is 1.76 bits per heavy atom. The maximum absolute atomic E-state index is 15.1. The molecule has 1 N–H and O–H groups in total. The van der Waals surface area contributed by atoms with Gasteiger partial charge in [-0.15, -0.1) is 11.3 Å². The number of hydrogen-bond donors (Lipinski definition) is 1. The van der Waals surface area contributed by atoms with Gasteiger partial charge in [0, 0.05) is 46.5 Å². The lowest BCUT2D eigenvalue weighted by atomic mass is 9.51. The van der Waals surface area contributed by atoms with Crippen molar-refractivity contribution in [3.8, 4) is 16.3 Å². The lowest BCUT2D eigenvalue weighted by Gasteiger charge is -2.49.